The number of benzene rings is 1. The number of carbonyl (C=O) groups excluding carboxylic acids is 2. The number of hydrogen-bond donors (Lipinski definition) is 4. The number of carbonyl (C=O) groups is 2. The summed E-state index contributed by atoms with van der Waals surface area (Å²) in [4.78, 5) is 41.7. The molecule has 4 atom stereocenters. The molecule has 0 saturated carbocycles. The molecule has 2 amide bonds. The zero-order valence-electron chi connectivity index (χ0n) is 19.6. The molecule has 1 aromatic carbocycles. The van der Waals surface area contributed by atoms with Crippen LogP contribution in [0.5, 0.6) is 0 Å². The molecule has 0 unspecified atom stereocenters. The molecule has 1 fully saturated rings. The van der Waals surface area contributed by atoms with Gasteiger partial charge in [-0.05, 0) is 30.7 Å². The van der Waals surface area contributed by atoms with Gasteiger partial charge in [-0.3, -0.25) is 19.1 Å². The Balaban J connectivity index is 1.24. The normalized spacial score (nSPS) is 21.1. The Morgan fingerprint density at radius 1 is 0.973 bits per heavy atom. The Hall–Kier alpha value is -4.26. The van der Waals surface area contributed by atoms with Crippen LogP contribution in [0.3, 0.4) is 0 Å². The maximum absolute atomic E-state index is 12.6. The number of aliphatic hydroxyl groups is 2. The Kier molecular flexibility index (Phi) is 7.12. The fraction of sp³-hybridized carbons (Fsp3) is 0.280. The summed E-state index contributed by atoms with van der Waals surface area (Å²) in [6.45, 7) is 0.295. The van der Waals surface area contributed by atoms with E-state index in [-0.39, 0.29) is 30.5 Å². The quantitative estimate of drug-likeness (QED) is 0.276. The molecule has 1 saturated heterocycles. The summed E-state index contributed by atoms with van der Waals surface area (Å²) in [5.41, 5.74) is 1.80. The summed E-state index contributed by atoms with van der Waals surface area (Å²) in [6.07, 6.45) is 0.339. The summed E-state index contributed by atoms with van der Waals surface area (Å²) in [5.74, 6) is -0.380. The highest BCUT2D eigenvalue weighted by molar-refractivity contribution is 6.06. The van der Waals surface area contributed by atoms with Gasteiger partial charge in [0.2, 0.25) is 5.91 Å². The van der Waals surface area contributed by atoms with Crippen LogP contribution in [0.2, 0.25) is 0 Å². The van der Waals surface area contributed by atoms with Gasteiger partial charge in [0.1, 0.15) is 18.5 Å². The predicted octanol–water partition coefficient (Wildman–Crippen LogP) is 1.19. The fourth-order valence-corrected chi connectivity index (χ4v) is 4.15. The average molecular weight is 504 g/mol. The van der Waals surface area contributed by atoms with Crippen molar-refractivity contribution in [3.05, 3.63) is 78.6 Å². The Morgan fingerprint density at radius 2 is 1.78 bits per heavy atom. The number of aliphatic hydroxyl groups excluding tert-OH is 2. The van der Waals surface area contributed by atoms with E-state index >= 15 is 0 Å². The predicted molar refractivity (Wildman–Crippen MR) is 131 cm³/mol. The molecule has 12 heteroatoms. The molecule has 4 aromatic rings. The summed E-state index contributed by atoms with van der Waals surface area (Å²) in [5, 5.41) is 26.8. The van der Waals surface area contributed by atoms with Crippen molar-refractivity contribution in [1.82, 2.24) is 29.8 Å². The molecule has 1 aliphatic heterocycles. The number of ether oxygens (including phenoxy) is 1. The van der Waals surface area contributed by atoms with Crippen LogP contribution in [-0.2, 0) is 16.1 Å². The molecule has 12 nitrogen and oxygen atoms in total. The van der Waals surface area contributed by atoms with Crippen LogP contribution in [-0.4, -0.2) is 64.8 Å². The van der Waals surface area contributed by atoms with E-state index in [0.29, 0.717) is 23.3 Å². The largest absolute Gasteiger partial charge is 0.388 e. The number of rotatable bonds is 8. The molecule has 0 bridgehead atoms. The Bertz CT molecular complexity index is 1380. The van der Waals surface area contributed by atoms with Gasteiger partial charge in [0.05, 0.1) is 24.7 Å². The zero-order chi connectivity index (χ0) is 25.8. The number of aromatic nitrogens is 5. The molecule has 5 rings (SSSR count). The third-order valence-electron chi connectivity index (χ3n) is 6.09. The summed E-state index contributed by atoms with van der Waals surface area (Å²) in [7, 11) is 0. The monoisotopic (exact) mass is 503 g/mol. The van der Waals surface area contributed by atoms with Gasteiger partial charge < -0.3 is 25.6 Å². The molecule has 4 heterocycles. The van der Waals surface area contributed by atoms with E-state index in [2.05, 4.69) is 30.6 Å². The van der Waals surface area contributed by atoms with Gasteiger partial charge in [-0.25, -0.2) is 15.0 Å². The van der Waals surface area contributed by atoms with Gasteiger partial charge in [-0.15, -0.1) is 0 Å². The van der Waals surface area contributed by atoms with Crippen LogP contribution in [0.1, 0.15) is 35.1 Å². The second-order valence-corrected chi connectivity index (χ2v) is 8.55. The van der Waals surface area contributed by atoms with E-state index in [4.69, 9.17) is 4.74 Å². The van der Waals surface area contributed by atoms with E-state index in [0.717, 1.165) is 5.69 Å². The second kappa shape index (κ2) is 10.8. The van der Waals surface area contributed by atoms with Gasteiger partial charge in [0.15, 0.2) is 23.2 Å². The SMILES string of the molecule is O=C(CC[C@H]1O[C@@H](n2cnc3c(NC(=O)c4ccccc4)ncnc32)[C@H](O)[C@@H]1O)NCc1ccccn1. The van der Waals surface area contributed by atoms with E-state index in [1.54, 1.807) is 36.5 Å². The van der Waals surface area contributed by atoms with Gasteiger partial charge >= 0.3 is 0 Å². The number of anilines is 1. The first-order chi connectivity index (χ1) is 18.0. The van der Waals surface area contributed by atoms with Crippen molar-refractivity contribution in [1.29, 1.82) is 0 Å². The van der Waals surface area contributed by atoms with E-state index in [9.17, 15) is 19.8 Å². The highest BCUT2D eigenvalue weighted by atomic mass is 16.6. The number of nitrogens with zero attached hydrogens (tertiary/aromatic N) is 5. The van der Waals surface area contributed by atoms with E-state index in [1.807, 2.05) is 18.2 Å². The zero-order valence-corrected chi connectivity index (χ0v) is 19.6. The lowest BCUT2D eigenvalue weighted by Gasteiger charge is -2.16. The topological polar surface area (TPSA) is 164 Å². The molecule has 0 radical (unpaired) electrons. The molecule has 3 aromatic heterocycles. The molecule has 1 aliphatic rings. The number of imidazole rings is 1. The van der Waals surface area contributed by atoms with Gasteiger partial charge in [-0.2, -0.15) is 0 Å². The van der Waals surface area contributed by atoms with Crippen LogP contribution >= 0.6 is 0 Å². The summed E-state index contributed by atoms with van der Waals surface area (Å²) < 4.78 is 7.40. The summed E-state index contributed by atoms with van der Waals surface area (Å²) >= 11 is 0. The number of pyridine rings is 1. The minimum absolute atomic E-state index is 0.0938. The molecular formula is C25H25N7O5. The minimum atomic E-state index is -1.28. The average Bonchev–Trinajstić information content (AvgIpc) is 3.48. The van der Waals surface area contributed by atoms with Crippen molar-refractivity contribution in [2.24, 2.45) is 0 Å². The minimum Gasteiger partial charge on any atom is -0.388 e. The van der Waals surface area contributed by atoms with Crippen molar-refractivity contribution in [2.75, 3.05) is 5.32 Å². The smallest absolute Gasteiger partial charge is 0.256 e. The van der Waals surface area contributed by atoms with Gasteiger partial charge in [0.25, 0.3) is 5.91 Å². The fourth-order valence-electron chi connectivity index (χ4n) is 4.15. The molecule has 0 aliphatic carbocycles. The van der Waals surface area contributed by atoms with Crippen molar-refractivity contribution in [3.63, 3.8) is 0 Å². The maximum atomic E-state index is 12.6. The van der Waals surface area contributed by atoms with Crippen LogP contribution in [0.25, 0.3) is 11.2 Å². The van der Waals surface area contributed by atoms with Crippen molar-refractivity contribution in [3.8, 4) is 0 Å². The first kappa shape index (κ1) is 24.4. The van der Waals surface area contributed by atoms with Gasteiger partial charge in [0, 0.05) is 18.2 Å². The highest BCUT2D eigenvalue weighted by Gasteiger charge is 2.44. The van der Waals surface area contributed by atoms with Crippen molar-refractivity contribution >= 4 is 28.8 Å². The molecule has 37 heavy (non-hydrogen) atoms. The van der Waals surface area contributed by atoms with E-state index < -0.39 is 24.5 Å². The molecule has 190 valence electrons. The Labute approximate surface area is 211 Å². The van der Waals surface area contributed by atoms with Crippen LogP contribution < -0.4 is 10.6 Å². The number of nitrogens with one attached hydrogen (secondary N) is 2. The van der Waals surface area contributed by atoms with Gasteiger partial charge in [-0.1, -0.05) is 24.3 Å². The molecular weight excluding hydrogens is 478 g/mol. The first-order valence-electron chi connectivity index (χ1n) is 11.7. The van der Waals surface area contributed by atoms with Crippen LogP contribution in [0.15, 0.2) is 67.4 Å². The lowest BCUT2D eigenvalue weighted by molar-refractivity contribution is -0.122. The highest BCUT2D eigenvalue weighted by Crippen LogP contribution is 2.34. The number of fused-ring (bicyclic) bond motifs is 1. The number of hydrogen-bond acceptors (Lipinski definition) is 9. The van der Waals surface area contributed by atoms with Crippen LogP contribution in [0, 0.1) is 0 Å². The molecule has 4 N–H and O–H groups in total. The third-order valence-corrected chi connectivity index (χ3v) is 6.09. The lowest BCUT2D eigenvalue weighted by atomic mass is 10.1. The summed E-state index contributed by atoms with van der Waals surface area (Å²) in [6, 6.07) is 14.1. The maximum Gasteiger partial charge on any atom is 0.256 e. The Morgan fingerprint density at radius 3 is 2.57 bits per heavy atom. The standard InChI is InChI=1S/C25H25N7O5/c33-18(27-12-16-8-4-5-11-26-16)10-9-17-20(34)21(35)25(37-17)32-14-30-19-22(28-13-29-23(19)32)31-24(36)15-6-2-1-3-7-15/h1-8,11,13-14,17,20-21,25,34-35H,9-10,12H2,(H,27,33)(H,28,29,31,36)/t17-,20-,21-,25-/m1/s1. The number of amides is 2. The first-order valence-corrected chi connectivity index (χ1v) is 11.7. The van der Waals surface area contributed by atoms with Crippen molar-refractivity contribution in [2.45, 2.75) is 43.9 Å². The second-order valence-electron chi connectivity index (χ2n) is 8.55. The van der Waals surface area contributed by atoms with E-state index in [1.165, 1.54) is 17.2 Å². The van der Waals surface area contributed by atoms with Crippen LogP contribution in [0.4, 0.5) is 5.82 Å². The van der Waals surface area contributed by atoms with Crippen molar-refractivity contribution < 1.29 is 24.5 Å². The molecule has 0 spiro atoms. The lowest BCUT2D eigenvalue weighted by Crippen LogP contribution is -2.32. The third kappa shape index (κ3) is 5.31.